The number of ether oxygens (including phenoxy) is 2. The van der Waals surface area contributed by atoms with E-state index in [0.29, 0.717) is 27.7 Å². The lowest BCUT2D eigenvalue weighted by Gasteiger charge is -2.11. The highest BCUT2D eigenvalue weighted by Gasteiger charge is 2.31. The lowest BCUT2D eigenvalue weighted by atomic mass is 10.1. The van der Waals surface area contributed by atoms with Gasteiger partial charge in [0.05, 0.1) is 37.5 Å². The highest BCUT2D eigenvalue weighted by Crippen LogP contribution is 2.34. The molecule has 9 heteroatoms. The second-order valence-corrected chi connectivity index (χ2v) is 8.27. The van der Waals surface area contributed by atoms with Crippen molar-refractivity contribution in [1.82, 2.24) is 9.66 Å². The zero-order valence-electron chi connectivity index (χ0n) is 18.8. The molecule has 0 aliphatic carbocycles. The fraction of sp³-hybridized carbons (Fsp3) is 0.120. The van der Waals surface area contributed by atoms with Gasteiger partial charge >= 0.3 is 0 Å². The summed E-state index contributed by atoms with van der Waals surface area (Å²) < 4.78 is 12.7. The van der Waals surface area contributed by atoms with E-state index in [0.717, 1.165) is 22.5 Å². The molecule has 1 aliphatic rings. The maximum atomic E-state index is 13.1. The van der Waals surface area contributed by atoms with Crippen molar-refractivity contribution in [3.8, 4) is 22.8 Å². The van der Waals surface area contributed by atoms with Crippen LogP contribution in [-0.4, -0.2) is 42.5 Å². The monoisotopic (exact) mass is 471 g/mol. The number of para-hydroxylation sites is 1. The van der Waals surface area contributed by atoms with Gasteiger partial charge in [0.25, 0.3) is 5.91 Å². The average Bonchev–Trinajstić information content (AvgIpc) is 3.38. The Balaban J connectivity index is 1.78. The zero-order valence-corrected chi connectivity index (χ0v) is 19.6. The fourth-order valence-electron chi connectivity index (χ4n) is 3.75. The fourth-order valence-corrected chi connectivity index (χ4v) is 4.59. The van der Waals surface area contributed by atoms with Gasteiger partial charge in [0, 0.05) is 29.8 Å². The average molecular weight is 472 g/mol. The molecule has 2 aromatic heterocycles. The number of rotatable bonds is 5. The number of anilines is 1. The number of nitrogens with zero attached hydrogens (tertiary/aromatic N) is 5. The third-order valence-electron chi connectivity index (χ3n) is 5.47. The van der Waals surface area contributed by atoms with Gasteiger partial charge in [0.2, 0.25) is 4.80 Å². The van der Waals surface area contributed by atoms with Crippen molar-refractivity contribution in [3.63, 3.8) is 0 Å². The molecule has 170 valence electrons. The number of likely N-dealkylation sites (N-methyl/N-ethyl adjacent to an activating group) is 1. The summed E-state index contributed by atoms with van der Waals surface area (Å²) in [5.41, 5.74) is 4.08. The van der Waals surface area contributed by atoms with Crippen LogP contribution in [-0.2, 0) is 4.79 Å². The standard InChI is InChI=1S/C25H21N5O3S/c1-29-20-9-5-4-8-18(20)23(24(29)31)28-30-21(19-13-17(32-2)10-11-22(19)33-3)15-34-25(30)27-16-7-6-12-26-14-16/h4-15H,1-3H3. The number of amides is 1. The Morgan fingerprint density at radius 1 is 1.00 bits per heavy atom. The second-order valence-electron chi connectivity index (χ2n) is 7.43. The number of hydrogen-bond acceptors (Lipinski definition) is 7. The largest absolute Gasteiger partial charge is 0.497 e. The second kappa shape index (κ2) is 8.95. The number of methoxy groups -OCH3 is 2. The molecule has 5 rings (SSSR count). The van der Waals surface area contributed by atoms with E-state index in [9.17, 15) is 4.79 Å². The summed E-state index contributed by atoms with van der Waals surface area (Å²) in [6.45, 7) is 0. The van der Waals surface area contributed by atoms with Crippen LogP contribution >= 0.6 is 11.3 Å². The van der Waals surface area contributed by atoms with Crippen molar-refractivity contribution in [2.75, 3.05) is 26.2 Å². The van der Waals surface area contributed by atoms with Gasteiger partial charge in [0.15, 0.2) is 5.71 Å². The predicted molar refractivity (Wildman–Crippen MR) is 132 cm³/mol. The molecule has 0 spiro atoms. The predicted octanol–water partition coefficient (Wildman–Crippen LogP) is 4.09. The molecule has 8 nitrogen and oxygen atoms in total. The van der Waals surface area contributed by atoms with E-state index in [1.165, 1.54) is 11.3 Å². The van der Waals surface area contributed by atoms with Crippen molar-refractivity contribution in [1.29, 1.82) is 0 Å². The van der Waals surface area contributed by atoms with Crippen molar-refractivity contribution >= 4 is 34.3 Å². The van der Waals surface area contributed by atoms with E-state index in [4.69, 9.17) is 19.6 Å². The summed E-state index contributed by atoms with van der Waals surface area (Å²) in [7, 11) is 4.97. The Labute approximate surface area is 200 Å². The number of pyridine rings is 1. The first kappa shape index (κ1) is 21.6. The van der Waals surface area contributed by atoms with Crippen LogP contribution in [0.4, 0.5) is 11.4 Å². The Bertz CT molecular complexity index is 1470. The lowest BCUT2D eigenvalue weighted by molar-refractivity contribution is -0.112. The lowest BCUT2D eigenvalue weighted by Crippen LogP contribution is -2.27. The highest BCUT2D eigenvalue weighted by molar-refractivity contribution is 7.07. The molecule has 2 aromatic carbocycles. The van der Waals surface area contributed by atoms with Crippen molar-refractivity contribution in [2.45, 2.75) is 0 Å². The SMILES string of the molecule is COc1ccc(OC)c(-c2csc(=Nc3cccnc3)n2N=C2C(=O)N(C)c3ccccc32)c1. The van der Waals surface area contributed by atoms with Crippen LogP contribution < -0.4 is 19.2 Å². The summed E-state index contributed by atoms with van der Waals surface area (Å²) in [6, 6.07) is 16.8. The van der Waals surface area contributed by atoms with E-state index < -0.39 is 0 Å². The summed E-state index contributed by atoms with van der Waals surface area (Å²) in [4.78, 5) is 24.2. The Morgan fingerprint density at radius 3 is 2.62 bits per heavy atom. The quantitative estimate of drug-likeness (QED) is 0.439. The van der Waals surface area contributed by atoms with E-state index in [2.05, 4.69) is 4.98 Å². The van der Waals surface area contributed by atoms with E-state index >= 15 is 0 Å². The molecule has 0 fully saturated rings. The molecule has 1 aliphatic heterocycles. The molecule has 34 heavy (non-hydrogen) atoms. The first-order valence-corrected chi connectivity index (χ1v) is 11.3. The number of aromatic nitrogens is 2. The van der Waals surface area contributed by atoms with Gasteiger partial charge in [-0.2, -0.15) is 5.10 Å². The minimum atomic E-state index is -0.184. The van der Waals surface area contributed by atoms with Gasteiger partial charge < -0.3 is 14.4 Å². The maximum absolute atomic E-state index is 13.1. The molecular weight excluding hydrogens is 450 g/mol. The number of hydrogen-bond donors (Lipinski definition) is 0. The number of carbonyl (C=O) groups excluding carboxylic acids is 1. The van der Waals surface area contributed by atoms with Gasteiger partial charge in [-0.1, -0.05) is 18.2 Å². The molecule has 0 unspecified atom stereocenters. The molecule has 0 atom stereocenters. The smallest absolute Gasteiger partial charge is 0.279 e. The number of benzene rings is 2. The number of carbonyl (C=O) groups is 1. The summed E-state index contributed by atoms with van der Waals surface area (Å²) in [5.74, 6) is 1.14. The van der Waals surface area contributed by atoms with Gasteiger partial charge in [-0.25, -0.2) is 9.67 Å². The minimum Gasteiger partial charge on any atom is -0.497 e. The normalized spacial score (nSPS) is 14.6. The van der Waals surface area contributed by atoms with Gasteiger partial charge in [0.1, 0.15) is 11.5 Å². The highest BCUT2D eigenvalue weighted by atomic mass is 32.1. The van der Waals surface area contributed by atoms with Crippen LogP contribution in [0.1, 0.15) is 5.56 Å². The van der Waals surface area contributed by atoms with Gasteiger partial charge in [-0.3, -0.25) is 9.78 Å². The molecule has 0 saturated heterocycles. The number of fused-ring (bicyclic) bond motifs is 1. The molecule has 0 saturated carbocycles. The zero-order chi connectivity index (χ0) is 23.7. The molecule has 0 radical (unpaired) electrons. The van der Waals surface area contributed by atoms with Crippen LogP contribution in [0.25, 0.3) is 11.3 Å². The molecule has 0 N–H and O–H groups in total. The minimum absolute atomic E-state index is 0.184. The summed E-state index contributed by atoms with van der Waals surface area (Å²) in [6.07, 6.45) is 3.37. The van der Waals surface area contributed by atoms with Crippen molar-refractivity contribution in [3.05, 3.63) is 82.7 Å². The molecule has 1 amide bonds. The van der Waals surface area contributed by atoms with Crippen LogP contribution in [0.3, 0.4) is 0 Å². The maximum Gasteiger partial charge on any atom is 0.279 e. The first-order chi connectivity index (χ1) is 16.6. The van der Waals surface area contributed by atoms with Gasteiger partial charge in [-0.15, -0.1) is 11.3 Å². The first-order valence-electron chi connectivity index (χ1n) is 10.4. The van der Waals surface area contributed by atoms with Crippen LogP contribution in [0.15, 0.2) is 82.5 Å². The van der Waals surface area contributed by atoms with Crippen LogP contribution in [0.5, 0.6) is 11.5 Å². The topological polar surface area (TPSA) is 81.3 Å². The Morgan fingerprint density at radius 2 is 1.85 bits per heavy atom. The van der Waals surface area contributed by atoms with E-state index in [1.807, 2.05) is 60.0 Å². The molecule has 4 aromatic rings. The Hall–Kier alpha value is -4.24. The third kappa shape index (κ3) is 3.75. The van der Waals surface area contributed by atoms with Crippen LogP contribution in [0, 0.1) is 0 Å². The van der Waals surface area contributed by atoms with Crippen molar-refractivity contribution < 1.29 is 14.3 Å². The number of thiazole rings is 1. The Kier molecular flexibility index (Phi) is 5.69. The molecular formula is C25H21N5O3S. The third-order valence-corrected chi connectivity index (χ3v) is 6.28. The van der Waals surface area contributed by atoms with Gasteiger partial charge in [-0.05, 0) is 36.4 Å². The summed E-state index contributed by atoms with van der Waals surface area (Å²) in [5, 5.41) is 6.77. The summed E-state index contributed by atoms with van der Waals surface area (Å²) >= 11 is 1.41. The van der Waals surface area contributed by atoms with E-state index in [1.54, 1.807) is 43.2 Å². The van der Waals surface area contributed by atoms with Crippen molar-refractivity contribution in [2.24, 2.45) is 10.1 Å². The molecule has 0 bridgehead atoms. The molecule has 3 heterocycles. The van der Waals surface area contributed by atoms with E-state index in [-0.39, 0.29) is 5.91 Å². The van der Waals surface area contributed by atoms with Crippen LogP contribution in [0.2, 0.25) is 0 Å².